The Hall–Kier alpha value is -2.04. The van der Waals surface area contributed by atoms with Gasteiger partial charge in [-0.2, -0.15) is 0 Å². The minimum Gasteiger partial charge on any atom is -0.422 e. The first-order chi connectivity index (χ1) is 10.0. The van der Waals surface area contributed by atoms with Crippen LogP contribution >= 0.6 is 12.6 Å². The van der Waals surface area contributed by atoms with E-state index in [-0.39, 0.29) is 0 Å². The van der Waals surface area contributed by atoms with Crippen LogP contribution in [0.3, 0.4) is 0 Å². The van der Waals surface area contributed by atoms with Crippen molar-refractivity contribution in [1.82, 2.24) is 0 Å². The van der Waals surface area contributed by atoms with Gasteiger partial charge in [0.2, 0.25) is 0 Å². The van der Waals surface area contributed by atoms with E-state index >= 15 is 0 Å². The van der Waals surface area contributed by atoms with E-state index in [1.54, 1.807) is 6.07 Å². The average Bonchev–Trinajstić information content (AvgIpc) is 2.51. The maximum atomic E-state index is 11.5. The Bertz CT molecular complexity index is 668. The highest BCUT2D eigenvalue weighted by molar-refractivity contribution is 7.80. The number of hydrogen-bond acceptors (Lipinski definition) is 4. The predicted octanol–water partition coefficient (Wildman–Crippen LogP) is 3.42. The molecule has 1 atom stereocenters. The third-order valence-electron chi connectivity index (χ3n) is 3.23. The van der Waals surface area contributed by atoms with E-state index in [1.807, 2.05) is 43.3 Å². The normalized spacial score (nSPS) is 11.8. The zero-order valence-corrected chi connectivity index (χ0v) is 12.6. The largest absolute Gasteiger partial charge is 0.422 e. The van der Waals surface area contributed by atoms with Gasteiger partial charge in [0.25, 0.3) is 0 Å². The number of esters is 1. The smallest absolute Gasteiger partial charge is 0.335 e. The summed E-state index contributed by atoms with van der Waals surface area (Å²) in [6, 6.07) is 12.9. The molecule has 0 saturated heterocycles. The Morgan fingerprint density at radius 3 is 2.57 bits per heavy atom. The van der Waals surface area contributed by atoms with E-state index < -0.39 is 12.0 Å². The van der Waals surface area contributed by atoms with Crippen molar-refractivity contribution >= 4 is 18.6 Å². The molecule has 0 spiro atoms. The number of benzene rings is 2. The quantitative estimate of drug-likeness (QED) is 0.394. The van der Waals surface area contributed by atoms with E-state index in [1.165, 1.54) is 0 Å². The van der Waals surface area contributed by atoms with Crippen LogP contribution in [0.4, 0.5) is 0 Å². The molecule has 2 aromatic rings. The average molecular weight is 299 g/mol. The molecule has 0 bridgehead atoms. The number of thiol groups is 1. The van der Waals surface area contributed by atoms with Crippen molar-refractivity contribution in [2.24, 2.45) is 5.73 Å². The van der Waals surface area contributed by atoms with Crippen molar-refractivity contribution < 1.29 is 9.53 Å². The molecule has 4 heteroatoms. The summed E-state index contributed by atoms with van der Waals surface area (Å²) in [4.78, 5) is 12.1. The van der Waals surface area contributed by atoms with Crippen LogP contribution in [0.5, 0.6) is 5.75 Å². The van der Waals surface area contributed by atoms with Crippen molar-refractivity contribution in [3.8, 4) is 5.75 Å². The van der Waals surface area contributed by atoms with Crippen molar-refractivity contribution in [2.45, 2.75) is 17.9 Å². The summed E-state index contributed by atoms with van der Waals surface area (Å²) in [6.07, 6.45) is 1.12. The summed E-state index contributed by atoms with van der Waals surface area (Å²) >= 11 is 4.37. The minimum atomic E-state index is -0.530. The lowest BCUT2D eigenvalue weighted by molar-refractivity contribution is -0.129. The van der Waals surface area contributed by atoms with Crippen LogP contribution in [0.1, 0.15) is 22.7 Å². The predicted molar refractivity (Wildman–Crippen MR) is 86.7 cm³/mol. The molecular weight excluding hydrogens is 282 g/mol. The third kappa shape index (κ3) is 3.35. The second kappa shape index (κ2) is 6.61. The molecule has 2 aromatic carbocycles. The molecule has 0 fully saturated rings. The van der Waals surface area contributed by atoms with Gasteiger partial charge in [0.15, 0.2) is 0 Å². The number of aryl methyl sites for hydroxylation is 1. The monoisotopic (exact) mass is 299 g/mol. The van der Waals surface area contributed by atoms with Gasteiger partial charge < -0.3 is 10.5 Å². The molecule has 21 heavy (non-hydrogen) atoms. The van der Waals surface area contributed by atoms with Gasteiger partial charge in [0.05, 0.1) is 6.04 Å². The third-order valence-corrected chi connectivity index (χ3v) is 3.58. The fourth-order valence-corrected chi connectivity index (χ4v) is 2.39. The number of nitrogens with two attached hydrogens (primary N) is 1. The maximum Gasteiger partial charge on any atom is 0.335 e. The fraction of sp³-hybridized carbons (Fsp3) is 0.118. The van der Waals surface area contributed by atoms with Crippen molar-refractivity contribution in [3.63, 3.8) is 0 Å². The highest BCUT2D eigenvalue weighted by Crippen LogP contribution is 2.36. The summed E-state index contributed by atoms with van der Waals surface area (Å²) < 4.78 is 5.34. The summed E-state index contributed by atoms with van der Waals surface area (Å²) in [5.41, 5.74) is 8.99. The Balaban J connectivity index is 2.53. The van der Waals surface area contributed by atoms with Crippen LogP contribution in [-0.2, 0) is 4.79 Å². The summed E-state index contributed by atoms with van der Waals surface area (Å²) in [5, 5.41) is 0. The molecule has 0 heterocycles. The highest BCUT2D eigenvalue weighted by atomic mass is 32.1. The first kappa shape index (κ1) is 15.4. The first-order valence-electron chi connectivity index (χ1n) is 6.51. The zero-order chi connectivity index (χ0) is 15.4. The second-order valence-corrected chi connectivity index (χ2v) is 5.14. The van der Waals surface area contributed by atoms with Crippen molar-refractivity contribution in [3.05, 3.63) is 71.8 Å². The van der Waals surface area contributed by atoms with Gasteiger partial charge in [0, 0.05) is 16.5 Å². The Kier molecular flexibility index (Phi) is 4.83. The summed E-state index contributed by atoms with van der Waals surface area (Å²) in [6.45, 7) is 5.34. The van der Waals surface area contributed by atoms with Gasteiger partial charge in [-0.15, -0.1) is 12.6 Å². The maximum absolute atomic E-state index is 11.5. The fourth-order valence-electron chi connectivity index (χ4n) is 2.15. The van der Waals surface area contributed by atoms with Gasteiger partial charge >= 0.3 is 5.97 Å². The van der Waals surface area contributed by atoms with E-state index in [9.17, 15) is 4.79 Å². The lowest BCUT2D eigenvalue weighted by Gasteiger charge is -2.20. The number of carbonyl (C=O) groups is 1. The highest BCUT2D eigenvalue weighted by Gasteiger charge is 2.20. The van der Waals surface area contributed by atoms with Crippen LogP contribution in [0.25, 0.3) is 0 Å². The Labute approximate surface area is 129 Å². The molecule has 108 valence electrons. The SMILES string of the molecule is C=CC(=O)Oc1c(S)ccc(C)c1C(N)c1ccccc1. The van der Waals surface area contributed by atoms with Crippen LogP contribution in [0, 0.1) is 6.92 Å². The van der Waals surface area contributed by atoms with Gasteiger partial charge in [0.1, 0.15) is 5.75 Å². The Morgan fingerprint density at radius 2 is 1.95 bits per heavy atom. The number of rotatable bonds is 4. The molecule has 2 N–H and O–H groups in total. The molecule has 1 unspecified atom stereocenters. The van der Waals surface area contributed by atoms with Gasteiger partial charge in [-0.1, -0.05) is 43.0 Å². The molecular formula is C17H17NO2S. The zero-order valence-electron chi connectivity index (χ0n) is 11.7. The Morgan fingerprint density at radius 1 is 1.29 bits per heavy atom. The second-order valence-electron chi connectivity index (χ2n) is 4.66. The van der Waals surface area contributed by atoms with Crippen LogP contribution in [0.15, 0.2) is 60.0 Å². The molecule has 0 amide bonds. The van der Waals surface area contributed by atoms with Gasteiger partial charge in [-0.05, 0) is 24.1 Å². The minimum absolute atomic E-state index is 0.389. The van der Waals surface area contributed by atoms with E-state index in [2.05, 4.69) is 19.2 Å². The lowest BCUT2D eigenvalue weighted by Crippen LogP contribution is -2.16. The van der Waals surface area contributed by atoms with Crippen molar-refractivity contribution in [2.75, 3.05) is 0 Å². The van der Waals surface area contributed by atoms with Gasteiger partial charge in [-0.3, -0.25) is 0 Å². The van der Waals surface area contributed by atoms with E-state index in [4.69, 9.17) is 10.5 Å². The van der Waals surface area contributed by atoms with Crippen molar-refractivity contribution in [1.29, 1.82) is 0 Å². The lowest BCUT2D eigenvalue weighted by atomic mass is 9.95. The molecule has 0 radical (unpaired) electrons. The van der Waals surface area contributed by atoms with Crippen LogP contribution < -0.4 is 10.5 Å². The standard InChI is InChI=1S/C17H17NO2S/c1-3-14(19)20-17-13(21)10-9-11(2)15(17)16(18)12-7-5-4-6-8-12/h3-10,16,21H,1,18H2,2H3. The summed E-state index contributed by atoms with van der Waals surface area (Å²) in [7, 11) is 0. The topological polar surface area (TPSA) is 52.3 Å². The van der Waals surface area contributed by atoms with Crippen LogP contribution in [0.2, 0.25) is 0 Å². The molecule has 0 aliphatic rings. The molecule has 0 aliphatic carbocycles. The van der Waals surface area contributed by atoms with E-state index in [0.29, 0.717) is 10.6 Å². The number of ether oxygens (including phenoxy) is 1. The number of hydrogen-bond donors (Lipinski definition) is 2. The first-order valence-corrected chi connectivity index (χ1v) is 6.96. The summed E-state index contributed by atoms with van der Waals surface area (Å²) in [5.74, 6) is -0.142. The number of carbonyl (C=O) groups excluding carboxylic acids is 1. The van der Waals surface area contributed by atoms with Gasteiger partial charge in [-0.25, -0.2) is 4.79 Å². The molecule has 0 aromatic heterocycles. The molecule has 0 aliphatic heterocycles. The molecule has 0 saturated carbocycles. The van der Waals surface area contributed by atoms with E-state index in [0.717, 1.165) is 22.8 Å². The molecule has 3 nitrogen and oxygen atoms in total. The van der Waals surface area contributed by atoms with Crippen LogP contribution in [-0.4, -0.2) is 5.97 Å². The molecule has 2 rings (SSSR count).